The molecule has 2 N–H and O–H groups in total. The molecular formula is C16H21N5O. The van der Waals surface area contributed by atoms with E-state index in [-0.39, 0.29) is 5.91 Å². The Morgan fingerprint density at radius 2 is 2.05 bits per heavy atom. The molecule has 22 heavy (non-hydrogen) atoms. The third-order valence-electron chi connectivity index (χ3n) is 3.08. The summed E-state index contributed by atoms with van der Waals surface area (Å²) in [6.07, 6.45) is 2.69. The lowest BCUT2D eigenvalue weighted by Gasteiger charge is -2.07. The van der Waals surface area contributed by atoms with Crippen molar-refractivity contribution in [3.05, 3.63) is 47.9 Å². The fourth-order valence-electron chi connectivity index (χ4n) is 1.80. The Morgan fingerprint density at radius 3 is 2.68 bits per heavy atom. The molecule has 0 bridgehead atoms. The van der Waals surface area contributed by atoms with E-state index < -0.39 is 0 Å². The second-order valence-corrected chi connectivity index (χ2v) is 5.42. The molecule has 2 aromatic rings. The molecule has 0 aliphatic carbocycles. The van der Waals surface area contributed by atoms with Crippen molar-refractivity contribution in [2.45, 2.75) is 26.8 Å². The highest BCUT2D eigenvalue weighted by Crippen LogP contribution is 2.05. The van der Waals surface area contributed by atoms with Gasteiger partial charge in [0.25, 0.3) is 5.91 Å². The van der Waals surface area contributed by atoms with Crippen LogP contribution in [0.1, 0.15) is 36.5 Å². The van der Waals surface area contributed by atoms with E-state index in [4.69, 9.17) is 0 Å². The SMILES string of the molecule is CC(C)CCNC(=O)c1ccc(NCc2ccccn2)nn1. The average Bonchev–Trinajstić information content (AvgIpc) is 2.54. The molecule has 0 radical (unpaired) electrons. The number of nitrogens with zero attached hydrogens (tertiary/aromatic N) is 3. The molecule has 2 rings (SSSR count). The van der Waals surface area contributed by atoms with E-state index in [2.05, 4.69) is 39.7 Å². The van der Waals surface area contributed by atoms with Gasteiger partial charge in [-0.05, 0) is 36.6 Å². The molecule has 0 fully saturated rings. The van der Waals surface area contributed by atoms with Crippen molar-refractivity contribution >= 4 is 11.7 Å². The Bertz CT molecular complexity index is 583. The Morgan fingerprint density at radius 1 is 1.18 bits per heavy atom. The molecule has 2 heterocycles. The van der Waals surface area contributed by atoms with Crippen molar-refractivity contribution in [1.29, 1.82) is 0 Å². The summed E-state index contributed by atoms with van der Waals surface area (Å²) in [6.45, 7) is 5.45. The molecule has 0 atom stereocenters. The molecule has 2 aromatic heterocycles. The lowest BCUT2D eigenvalue weighted by atomic mass is 10.1. The summed E-state index contributed by atoms with van der Waals surface area (Å²) in [5.74, 6) is 0.985. The Balaban J connectivity index is 1.83. The summed E-state index contributed by atoms with van der Waals surface area (Å²) < 4.78 is 0. The first-order chi connectivity index (χ1) is 10.6. The van der Waals surface area contributed by atoms with E-state index in [0.717, 1.165) is 12.1 Å². The zero-order valence-electron chi connectivity index (χ0n) is 12.9. The van der Waals surface area contributed by atoms with Gasteiger partial charge in [0.2, 0.25) is 0 Å². The first-order valence-electron chi connectivity index (χ1n) is 7.41. The smallest absolute Gasteiger partial charge is 0.271 e. The summed E-state index contributed by atoms with van der Waals surface area (Å²) in [7, 11) is 0. The van der Waals surface area contributed by atoms with Crippen molar-refractivity contribution in [2.75, 3.05) is 11.9 Å². The van der Waals surface area contributed by atoms with Gasteiger partial charge in [-0.2, -0.15) is 0 Å². The first kappa shape index (κ1) is 15.9. The van der Waals surface area contributed by atoms with Gasteiger partial charge < -0.3 is 10.6 Å². The molecule has 0 aliphatic rings. The number of hydrogen-bond acceptors (Lipinski definition) is 5. The van der Waals surface area contributed by atoms with Crippen LogP contribution in [0.3, 0.4) is 0 Å². The first-order valence-corrected chi connectivity index (χ1v) is 7.41. The lowest BCUT2D eigenvalue weighted by molar-refractivity contribution is 0.0946. The monoisotopic (exact) mass is 299 g/mol. The number of anilines is 1. The van der Waals surface area contributed by atoms with Crippen LogP contribution in [-0.2, 0) is 6.54 Å². The number of nitrogens with one attached hydrogen (secondary N) is 2. The molecule has 0 unspecified atom stereocenters. The number of carbonyl (C=O) groups excluding carboxylic acids is 1. The number of hydrogen-bond donors (Lipinski definition) is 2. The van der Waals surface area contributed by atoms with E-state index in [1.54, 1.807) is 18.3 Å². The molecule has 0 aromatic carbocycles. The predicted molar refractivity (Wildman–Crippen MR) is 85.4 cm³/mol. The molecule has 0 saturated carbocycles. The standard InChI is InChI=1S/C16H21N5O/c1-12(2)8-10-18-16(22)14-6-7-15(21-20-14)19-11-13-5-3-4-9-17-13/h3-7,9,12H,8,10-11H2,1-2H3,(H,18,22)(H,19,21). The van der Waals surface area contributed by atoms with Crippen LogP contribution in [-0.4, -0.2) is 27.6 Å². The predicted octanol–water partition coefficient (Wildman–Crippen LogP) is 2.26. The third-order valence-corrected chi connectivity index (χ3v) is 3.08. The average molecular weight is 299 g/mol. The van der Waals surface area contributed by atoms with Gasteiger partial charge in [-0.3, -0.25) is 9.78 Å². The largest absolute Gasteiger partial charge is 0.363 e. The minimum atomic E-state index is -0.190. The fourth-order valence-corrected chi connectivity index (χ4v) is 1.80. The van der Waals surface area contributed by atoms with Gasteiger partial charge in [0.05, 0.1) is 12.2 Å². The van der Waals surface area contributed by atoms with Gasteiger partial charge in [-0.25, -0.2) is 0 Å². The number of rotatable bonds is 7. The van der Waals surface area contributed by atoms with E-state index >= 15 is 0 Å². The maximum atomic E-state index is 11.9. The Labute approximate surface area is 130 Å². The van der Waals surface area contributed by atoms with Gasteiger partial charge in [-0.15, -0.1) is 10.2 Å². The second-order valence-electron chi connectivity index (χ2n) is 5.42. The maximum absolute atomic E-state index is 11.9. The normalized spacial score (nSPS) is 10.5. The second kappa shape index (κ2) is 8.07. The van der Waals surface area contributed by atoms with Crippen LogP contribution in [0.25, 0.3) is 0 Å². The minimum absolute atomic E-state index is 0.190. The van der Waals surface area contributed by atoms with Gasteiger partial charge in [0, 0.05) is 12.7 Å². The van der Waals surface area contributed by atoms with Gasteiger partial charge >= 0.3 is 0 Å². The van der Waals surface area contributed by atoms with Crippen molar-refractivity contribution in [1.82, 2.24) is 20.5 Å². The van der Waals surface area contributed by atoms with Crippen LogP contribution in [0.15, 0.2) is 36.5 Å². The summed E-state index contributed by atoms with van der Waals surface area (Å²) in [4.78, 5) is 16.1. The summed E-state index contributed by atoms with van der Waals surface area (Å²) in [6, 6.07) is 9.14. The third kappa shape index (κ3) is 5.12. The fraction of sp³-hybridized carbons (Fsp3) is 0.375. The quantitative estimate of drug-likeness (QED) is 0.819. The number of carbonyl (C=O) groups is 1. The number of pyridine rings is 1. The van der Waals surface area contributed by atoms with E-state index in [1.165, 1.54) is 0 Å². The van der Waals surface area contributed by atoms with Gasteiger partial charge in [0.15, 0.2) is 5.69 Å². The highest BCUT2D eigenvalue weighted by atomic mass is 16.1. The lowest BCUT2D eigenvalue weighted by Crippen LogP contribution is -2.26. The van der Waals surface area contributed by atoms with E-state index in [9.17, 15) is 4.79 Å². The highest BCUT2D eigenvalue weighted by Gasteiger charge is 2.08. The molecule has 1 amide bonds. The molecule has 0 spiro atoms. The van der Waals surface area contributed by atoms with Gasteiger partial charge in [-0.1, -0.05) is 19.9 Å². The Hall–Kier alpha value is -2.50. The summed E-state index contributed by atoms with van der Waals surface area (Å²) in [5.41, 5.74) is 1.24. The summed E-state index contributed by atoms with van der Waals surface area (Å²) >= 11 is 0. The molecule has 0 aliphatic heterocycles. The van der Waals surface area contributed by atoms with Crippen LogP contribution in [0.2, 0.25) is 0 Å². The van der Waals surface area contributed by atoms with Crippen molar-refractivity contribution in [2.24, 2.45) is 5.92 Å². The molecule has 116 valence electrons. The zero-order valence-corrected chi connectivity index (χ0v) is 12.9. The van der Waals surface area contributed by atoms with Crippen LogP contribution < -0.4 is 10.6 Å². The van der Waals surface area contributed by atoms with Crippen molar-refractivity contribution < 1.29 is 4.79 Å². The highest BCUT2D eigenvalue weighted by molar-refractivity contribution is 5.92. The number of aromatic nitrogens is 3. The van der Waals surface area contributed by atoms with Crippen LogP contribution in [0.4, 0.5) is 5.82 Å². The zero-order chi connectivity index (χ0) is 15.8. The van der Waals surface area contributed by atoms with Crippen LogP contribution in [0, 0.1) is 5.92 Å². The molecule has 6 heteroatoms. The van der Waals surface area contributed by atoms with Gasteiger partial charge in [0.1, 0.15) is 5.82 Å². The van der Waals surface area contributed by atoms with Crippen molar-refractivity contribution in [3.63, 3.8) is 0 Å². The van der Waals surface area contributed by atoms with Crippen molar-refractivity contribution in [3.8, 4) is 0 Å². The number of amides is 1. The maximum Gasteiger partial charge on any atom is 0.271 e. The van der Waals surface area contributed by atoms with Crippen LogP contribution >= 0.6 is 0 Å². The topological polar surface area (TPSA) is 79.8 Å². The molecule has 6 nitrogen and oxygen atoms in total. The van der Waals surface area contributed by atoms with Crippen LogP contribution in [0.5, 0.6) is 0 Å². The molecule has 0 saturated heterocycles. The van der Waals surface area contributed by atoms with E-state index in [1.807, 2.05) is 18.2 Å². The Kier molecular flexibility index (Phi) is 5.82. The molecular weight excluding hydrogens is 278 g/mol. The minimum Gasteiger partial charge on any atom is -0.363 e. The van der Waals surface area contributed by atoms with E-state index in [0.29, 0.717) is 30.5 Å². The summed E-state index contributed by atoms with van der Waals surface area (Å²) in [5, 5.41) is 13.9.